The van der Waals surface area contributed by atoms with Gasteiger partial charge in [0.2, 0.25) is 20.8 Å². The maximum Gasteiger partial charge on any atom is 0.327 e. The molecular formula is C5H20N2O11S2. The smallest absolute Gasteiger partial charge is 0.327 e. The molecule has 128 valence electrons. The summed E-state index contributed by atoms with van der Waals surface area (Å²) >= 11 is 0. The number of nitrogens with two attached hydrogens (primary N) is 1. The van der Waals surface area contributed by atoms with Crippen LogP contribution in [-0.2, 0) is 29.2 Å². The van der Waals surface area contributed by atoms with E-state index >= 15 is 0 Å². The Balaban J connectivity index is -0.0000000941. The van der Waals surface area contributed by atoms with Crippen molar-refractivity contribution in [3.05, 3.63) is 0 Å². The van der Waals surface area contributed by atoms with Crippen LogP contribution in [0.3, 0.4) is 0 Å². The van der Waals surface area contributed by atoms with Crippen molar-refractivity contribution in [1.29, 1.82) is 0 Å². The fourth-order valence-electron chi connectivity index (χ4n) is 0.274. The third kappa shape index (κ3) is 52.7. The second-order valence-corrected chi connectivity index (χ2v) is 4.84. The van der Waals surface area contributed by atoms with Gasteiger partial charge in [0.1, 0.15) is 0 Å². The van der Waals surface area contributed by atoms with E-state index < -0.39 is 26.8 Å². The van der Waals surface area contributed by atoms with Gasteiger partial charge in [0, 0.05) is 0 Å². The highest BCUT2D eigenvalue weighted by molar-refractivity contribution is 7.81. The lowest BCUT2D eigenvalue weighted by Gasteiger charge is -2.08. The number of rotatable bonds is 4. The van der Waals surface area contributed by atoms with Crippen LogP contribution < -0.4 is 11.5 Å². The molecule has 15 heteroatoms. The number of hydrogen-bond donors (Lipinski definition) is 5. The first-order valence-corrected chi connectivity index (χ1v) is 6.83. The minimum atomic E-state index is -4.41. The fourth-order valence-corrected chi connectivity index (χ4v) is 0.274. The largest absolute Gasteiger partial charge is 0.726 e. The zero-order chi connectivity index (χ0) is 16.3. The Morgan fingerprint density at radius 1 is 1.00 bits per heavy atom. The van der Waals surface area contributed by atoms with Gasteiger partial charge in [-0.25, -0.2) is 16.8 Å². The van der Waals surface area contributed by atoms with Crippen molar-refractivity contribution in [3.8, 4) is 0 Å². The summed E-state index contributed by atoms with van der Waals surface area (Å²) in [7, 11) is -5.59. The average molecular weight is 348 g/mol. The minimum absolute atomic E-state index is 0. The highest BCUT2D eigenvalue weighted by Gasteiger charge is 2.18. The van der Waals surface area contributed by atoms with Crippen LogP contribution in [0.15, 0.2) is 0 Å². The summed E-state index contributed by atoms with van der Waals surface area (Å²) in [6.45, 7) is -0.118. The van der Waals surface area contributed by atoms with Gasteiger partial charge in [-0.2, -0.15) is 0 Å². The van der Waals surface area contributed by atoms with Gasteiger partial charge in [-0.15, -0.1) is 0 Å². The summed E-state index contributed by atoms with van der Waals surface area (Å²) in [6, 6.07) is 0. The van der Waals surface area contributed by atoms with E-state index in [2.05, 4.69) is 8.37 Å². The summed E-state index contributed by atoms with van der Waals surface area (Å²) in [5.74, 6) is -2.51. The molecule has 0 aliphatic carbocycles. The second-order valence-electron chi connectivity index (χ2n) is 2.54. The van der Waals surface area contributed by atoms with Gasteiger partial charge in [0.05, 0.1) is 21.3 Å². The Morgan fingerprint density at radius 2 is 1.20 bits per heavy atom. The molecule has 0 rings (SSSR count). The van der Waals surface area contributed by atoms with Crippen LogP contribution in [0.2, 0.25) is 0 Å². The molecule has 0 aliphatic heterocycles. The molecule has 0 spiro atoms. The van der Waals surface area contributed by atoms with Crippen molar-refractivity contribution in [1.82, 2.24) is 6.15 Å². The lowest BCUT2D eigenvalue weighted by atomic mass is 10.6. The molecule has 9 N–H and O–H groups in total. The molecule has 0 saturated heterocycles. The molecule has 0 aromatic carbocycles. The first kappa shape index (κ1) is 27.8. The number of quaternary nitrogens is 2. The van der Waals surface area contributed by atoms with Crippen LogP contribution in [0.25, 0.3) is 0 Å². The van der Waals surface area contributed by atoms with Crippen molar-refractivity contribution in [2.24, 2.45) is 0 Å². The van der Waals surface area contributed by atoms with Crippen molar-refractivity contribution >= 4 is 20.8 Å². The number of hydrogen-bond acceptors (Lipinski definition) is 11. The summed E-state index contributed by atoms with van der Waals surface area (Å²) in [4.78, 5) is 0. The lowest BCUT2D eigenvalue weighted by Crippen LogP contribution is -2.84. The fraction of sp³-hybridized carbons (Fsp3) is 1.00. The molecule has 0 atom stereocenters. The molecular weight excluding hydrogens is 328 g/mol. The SMILES string of the molecule is COS(=O)(=O)[O-].COS(=O)(=O)[O-].C[NH2+]CC(O)(O)O.[NH4+]. The van der Waals surface area contributed by atoms with Crippen LogP contribution in [-0.4, -0.2) is 75.0 Å². The van der Waals surface area contributed by atoms with E-state index in [-0.39, 0.29) is 12.7 Å². The van der Waals surface area contributed by atoms with Gasteiger partial charge < -0.3 is 35.9 Å². The summed E-state index contributed by atoms with van der Waals surface area (Å²) in [5.41, 5.74) is 0. The molecule has 0 aliphatic rings. The highest BCUT2D eigenvalue weighted by Crippen LogP contribution is 1.81. The minimum Gasteiger partial charge on any atom is -0.726 e. The Kier molecular flexibility index (Phi) is 17.1. The molecule has 0 unspecified atom stereocenters. The quantitative estimate of drug-likeness (QED) is 0.183. The lowest BCUT2D eigenvalue weighted by molar-refractivity contribution is -0.664. The van der Waals surface area contributed by atoms with E-state index in [4.69, 9.17) is 15.3 Å². The van der Waals surface area contributed by atoms with E-state index in [9.17, 15) is 25.9 Å². The maximum absolute atomic E-state index is 9.22. The molecule has 0 saturated carbocycles. The predicted octanol–water partition coefficient (Wildman–Crippen LogP) is -4.63. The summed E-state index contributed by atoms with van der Waals surface area (Å²) in [6.07, 6.45) is 0. The predicted molar refractivity (Wildman–Crippen MR) is 61.5 cm³/mol. The molecule has 0 aromatic rings. The highest BCUT2D eigenvalue weighted by atomic mass is 32.3. The van der Waals surface area contributed by atoms with Crippen LogP contribution in [0.1, 0.15) is 0 Å². The third-order valence-electron chi connectivity index (χ3n) is 0.886. The molecule has 0 amide bonds. The van der Waals surface area contributed by atoms with E-state index in [1.807, 2.05) is 0 Å². The standard InChI is InChI=1S/C3H9NO3.2CH4O4S.H3N/c1-4-2-3(5,6)7;2*1-5-6(2,3)4;/h4-7H,2H2,1H3;2*1H3,(H,2,3,4);1H3. The van der Waals surface area contributed by atoms with Crippen molar-refractivity contribution in [2.45, 2.75) is 5.97 Å². The third-order valence-corrected chi connectivity index (χ3v) is 1.70. The number of likely N-dealkylation sites (N-methyl/N-ethyl adjacent to an activating group) is 1. The Labute approximate surface area is 116 Å². The van der Waals surface area contributed by atoms with E-state index in [1.54, 1.807) is 7.05 Å². The average Bonchev–Trinajstić information content (AvgIpc) is 2.15. The monoisotopic (exact) mass is 348 g/mol. The molecule has 13 nitrogen and oxygen atoms in total. The number of aliphatic hydroxyl groups is 3. The normalized spacial score (nSPS) is 11.2. The van der Waals surface area contributed by atoms with Crippen molar-refractivity contribution in [2.75, 3.05) is 27.8 Å². The molecule has 20 heavy (non-hydrogen) atoms. The van der Waals surface area contributed by atoms with Crippen molar-refractivity contribution in [3.63, 3.8) is 0 Å². The van der Waals surface area contributed by atoms with Crippen LogP contribution in [0.4, 0.5) is 0 Å². The van der Waals surface area contributed by atoms with Gasteiger partial charge >= 0.3 is 5.97 Å². The Morgan fingerprint density at radius 3 is 1.20 bits per heavy atom. The van der Waals surface area contributed by atoms with E-state index in [0.29, 0.717) is 0 Å². The van der Waals surface area contributed by atoms with E-state index in [1.165, 1.54) is 5.32 Å². The maximum atomic E-state index is 9.22. The summed E-state index contributed by atoms with van der Waals surface area (Å²) in [5, 5.41) is 25.8. The van der Waals surface area contributed by atoms with Crippen LogP contribution >= 0.6 is 0 Å². The van der Waals surface area contributed by atoms with Gasteiger partial charge in [-0.1, -0.05) is 0 Å². The molecule has 0 heterocycles. The molecule has 0 aromatic heterocycles. The van der Waals surface area contributed by atoms with E-state index in [0.717, 1.165) is 14.2 Å². The Hall–Kier alpha value is -0.460. The topological polar surface area (TPSA) is 247 Å². The first-order chi connectivity index (χ1) is 8.18. The van der Waals surface area contributed by atoms with Crippen LogP contribution in [0.5, 0.6) is 0 Å². The van der Waals surface area contributed by atoms with Gasteiger partial charge in [0.25, 0.3) is 0 Å². The summed E-state index contributed by atoms with van der Waals surface area (Å²) < 4.78 is 62.0. The van der Waals surface area contributed by atoms with Crippen LogP contribution in [0, 0.1) is 0 Å². The molecule has 0 fully saturated rings. The molecule has 0 radical (unpaired) electrons. The van der Waals surface area contributed by atoms with Gasteiger partial charge in [-0.05, 0) is 0 Å². The molecule has 0 bridgehead atoms. The first-order valence-electron chi connectivity index (χ1n) is 4.16. The van der Waals surface area contributed by atoms with Crippen molar-refractivity contribution < 1.29 is 54.9 Å². The zero-order valence-electron chi connectivity index (χ0n) is 11.2. The zero-order valence-corrected chi connectivity index (χ0v) is 12.8. The van der Waals surface area contributed by atoms with Gasteiger partial charge in [-0.3, -0.25) is 8.37 Å². The Bertz CT molecular complexity index is 365. The van der Waals surface area contributed by atoms with Gasteiger partial charge in [0.15, 0.2) is 6.54 Å². The second kappa shape index (κ2) is 12.3.